The lowest BCUT2D eigenvalue weighted by Gasteiger charge is -2.26. The fourth-order valence-electron chi connectivity index (χ4n) is 6.15. The number of nitrogen functional groups attached to an aromatic ring is 1. The van der Waals surface area contributed by atoms with Crippen LogP contribution in [0.2, 0.25) is 20.1 Å². The number of nitrogens with zero attached hydrogens (tertiary/aromatic N) is 1. The minimum absolute atomic E-state index is 0.0820. The minimum atomic E-state index is -1.31. The van der Waals surface area contributed by atoms with Crippen LogP contribution in [0.3, 0.4) is 0 Å². The molecule has 0 saturated heterocycles. The van der Waals surface area contributed by atoms with Crippen LogP contribution in [0.5, 0.6) is 23.0 Å². The highest BCUT2D eigenvalue weighted by molar-refractivity contribution is 6.33. The number of halogens is 4. The molecule has 3 atom stereocenters. The summed E-state index contributed by atoms with van der Waals surface area (Å²) in [6.45, 7) is 0.0820. The third kappa shape index (κ3) is 9.38. The first kappa shape index (κ1) is 42.3. The molecular formula is C41H38Cl4N2O9. The van der Waals surface area contributed by atoms with E-state index in [4.69, 9.17) is 75.8 Å². The number of carboxylic acid groups (broad SMARTS) is 1. The van der Waals surface area contributed by atoms with Crippen LogP contribution in [0.15, 0.2) is 91.0 Å². The topological polar surface area (TPSA) is 150 Å². The van der Waals surface area contributed by atoms with E-state index in [1.54, 1.807) is 98.1 Å². The second kappa shape index (κ2) is 18.8. The molecule has 0 fully saturated rings. The van der Waals surface area contributed by atoms with E-state index in [2.05, 4.69) is 0 Å². The summed E-state index contributed by atoms with van der Waals surface area (Å²) in [6.07, 6.45) is -3.71. The zero-order valence-electron chi connectivity index (χ0n) is 30.6. The summed E-state index contributed by atoms with van der Waals surface area (Å²) in [7, 11) is 6.08. The summed E-state index contributed by atoms with van der Waals surface area (Å²) in [5.41, 5.74) is 9.60. The molecule has 4 N–H and O–H groups in total. The van der Waals surface area contributed by atoms with Crippen molar-refractivity contribution in [3.8, 4) is 23.0 Å². The molecule has 294 valence electrons. The molecule has 0 radical (unpaired) electrons. The Labute approximate surface area is 343 Å². The summed E-state index contributed by atoms with van der Waals surface area (Å²) in [5, 5.41) is 21.6. The van der Waals surface area contributed by atoms with Crippen LogP contribution in [0.4, 0.5) is 11.4 Å². The Bertz CT molecular complexity index is 2220. The van der Waals surface area contributed by atoms with Crippen molar-refractivity contribution in [2.24, 2.45) is 0 Å². The van der Waals surface area contributed by atoms with Gasteiger partial charge in [-0.25, -0.2) is 0 Å². The van der Waals surface area contributed by atoms with Crippen molar-refractivity contribution >= 4 is 69.7 Å². The molecule has 0 saturated carbocycles. The van der Waals surface area contributed by atoms with Gasteiger partial charge in [0.1, 0.15) is 41.3 Å². The Kier molecular flexibility index (Phi) is 14.2. The van der Waals surface area contributed by atoms with Gasteiger partial charge < -0.3 is 44.5 Å². The van der Waals surface area contributed by atoms with Crippen molar-refractivity contribution in [1.29, 1.82) is 0 Å². The molecule has 11 nitrogen and oxygen atoms in total. The van der Waals surface area contributed by atoms with E-state index < -0.39 is 36.6 Å². The van der Waals surface area contributed by atoms with Crippen molar-refractivity contribution in [2.45, 2.75) is 31.3 Å². The maximum absolute atomic E-state index is 13.8. The van der Waals surface area contributed by atoms with Gasteiger partial charge in [0.15, 0.2) is 0 Å². The lowest BCUT2D eigenvalue weighted by molar-refractivity contribution is -0.147. The van der Waals surface area contributed by atoms with Crippen LogP contribution < -0.4 is 29.6 Å². The lowest BCUT2D eigenvalue weighted by atomic mass is 9.98. The molecule has 1 aliphatic rings. The molecule has 6 rings (SSSR count). The van der Waals surface area contributed by atoms with E-state index >= 15 is 0 Å². The van der Waals surface area contributed by atoms with Gasteiger partial charge in [0.2, 0.25) is 0 Å². The van der Waals surface area contributed by atoms with Gasteiger partial charge in [0.25, 0.3) is 5.91 Å². The number of fused-ring (bicyclic) bond motifs is 1. The molecule has 56 heavy (non-hydrogen) atoms. The van der Waals surface area contributed by atoms with E-state index in [0.29, 0.717) is 77.3 Å². The molecular weight excluding hydrogens is 806 g/mol. The first-order valence-electron chi connectivity index (χ1n) is 16.9. The third-order valence-corrected chi connectivity index (χ3v) is 10.2. The van der Waals surface area contributed by atoms with E-state index in [-0.39, 0.29) is 11.6 Å². The average molecular weight is 845 g/mol. The van der Waals surface area contributed by atoms with Crippen LogP contribution in [-0.2, 0) is 20.9 Å². The van der Waals surface area contributed by atoms with Crippen LogP contribution >= 0.6 is 46.4 Å². The van der Waals surface area contributed by atoms with Crippen LogP contribution in [0.25, 0.3) is 0 Å². The lowest BCUT2D eigenvalue weighted by Crippen LogP contribution is -2.40. The average Bonchev–Trinajstić information content (AvgIpc) is 3.29. The standard InChI is InChI=1S/C27H25Cl2NO7.C14H13Cl2NO2/c1-34-17-9-7-15(22(12-17)36-3)14-30-20-10-8-16(28)11-19(20)26(37-23(27(30)33)13-24(31)32)18-5-4-6-21(35-2)25(18)29;1-19-12-4-2-3-9(13(12)16)14(18)10-7-8(15)5-6-11(10)17/h4-12,23,26H,13-14H2,1-3H3,(H,31,32);2-7,14,18H,17H2,1H3/t23-,26-;14-/m11/s1. The number of hydrogen-bond acceptors (Lipinski definition) is 9. The van der Waals surface area contributed by atoms with Crippen molar-refractivity contribution in [2.75, 3.05) is 39.1 Å². The van der Waals surface area contributed by atoms with Gasteiger partial charge in [-0.2, -0.15) is 0 Å². The number of rotatable bonds is 11. The Balaban J connectivity index is 0.000000265. The number of aliphatic hydroxyl groups is 1. The number of ether oxygens (including phenoxy) is 5. The number of benzene rings is 5. The first-order valence-corrected chi connectivity index (χ1v) is 18.4. The number of carboxylic acids is 1. The zero-order valence-corrected chi connectivity index (χ0v) is 33.6. The van der Waals surface area contributed by atoms with Gasteiger partial charge in [-0.3, -0.25) is 9.59 Å². The molecule has 15 heteroatoms. The SMILES string of the molecule is COc1ccc(CN2C(=O)[C@@H](CC(=O)O)O[C@H](c3cccc(OC)c3Cl)c3cc(Cl)ccc32)c(OC)c1.COc1cccc([C@@H](O)c2cc(Cl)ccc2N)c1Cl. The summed E-state index contributed by atoms with van der Waals surface area (Å²) < 4.78 is 27.5. The number of aliphatic carboxylic acids is 1. The fourth-order valence-corrected chi connectivity index (χ4v) is 7.12. The number of aliphatic hydroxyl groups excluding tert-OH is 1. The third-order valence-electron chi connectivity index (χ3n) is 8.93. The number of carbonyl (C=O) groups excluding carboxylic acids is 1. The van der Waals surface area contributed by atoms with Crippen LogP contribution in [0, 0.1) is 0 Å². The van der Waals surface area contributed by atoms with E-state index in [1.807, 2.05) is 0 Å². The molecule has 5 aromatic carbocycles. The highest BCUT2D eigenvalue weighted by Crippen LogP contribution is 2.45. The molecule has 1 heterocycles. The van der Waals surface area contributed by atoms with Crippen molar-refractivity contribution < 1.29 is 43.5 Å². The largest absolute Gasteiger partial charge is 0.497 e. The highest BCUT2D eigenvalue weighted by Gasteiger charge is 2.39. The van der Waals surface area contributed by atoms with Gasteiger partial charge >= 0.3 is 5.97 Å². The smallest absolute Gasteiger partial charge is 0.306 e. The summed E-state index contributed by atoms with van der Waals surface area (Å²) in [5.74, 6) is 0.310. The highest BCUT2D eigenvalue weighted by atomic mass is 35.5. The van der Waals surface area contributed by atoms with Gasteiger partial charge in [-0.1, -0.05) is 70.7 Å². The molecule has 0 unspecified atom stereocenters. The molecule has 0 bridgehead atoms. The van der Waals surface area contributed by atoms with Crippen LogP contribution in [0.1, 0.15) is 46.4 Å². The van der Waals surface area contributed by atoms with E-state index in [1.165, 1.54) is 26.2 Å². The summed E-state index contributed by atoms with van der Waals surface area (Å²) in [4.78, 5) is 27.1. The minimum Gasteiger partial charge on any atom is -0.497 e. The number of methoxy groups -OCH3 is 4. The first-order chi connectivity index (χ1) is 26.8. The van der Waals surface area contributed by atoms with Gasteiger partial charge in [0.05, 0.1) is 57.1 Å². The molecule has 5 aromatic rings. The molecule has 0 aromatic heterocycles. The second-order valence-electron chi connectivity index (χ2n) is 12.3. The Hall–Kier alpha value is -4.88. The van der Waals surface area contributed by atoms with Gasteiger partial charge in [-0.05, 0) is 60.7 Å². The van der Waals surface area contributed by atoms with Crippen molar-refractivity contribution in [3.05, 3.63) is 139 Å². The number of carbonyl (C=O) groups is 2. The summed E-state index contributed by atoms with van der Waals surface area (Å²) in [6, 6.07) is 25.6. The Morgan fingerprint density at radius 3 is 2.07 bits per heavy atom. The normalized spacial score (nSPS) is 15.4. The maximum atomic E-state index is 13.8. The zero-order chi connectivity index (χ0) is 40.7. The molecule has 0 aliphatic carbocycles. The Morgan fingerprint density at radius 2 is 1.41 bits per heavy atom. The number of hydrogen-bond donors (Lipinski definition) is 3. The van der Waals surface area contributed by atoms with Crippen molar-refractivity contribution in [1.82, 2.24) is 0 Å². The maximum Gasteiger partial charge on any atom is 0.306 e. The quantitative estimate of drug-likeness (QED) is 0.110. The second-order valence-corrected chi connectivity index (χ2v) is 13.9. The predicted molar refractivity (Wildman–Crippen MR) is 217 cm³/mol. The molecule has 1 amide bonds. The summed E-state index contributed by atoms with van der Waals surface area (Å²) >= 11 is 25.1. The van der Waals surface area contributed by atoms with Crippen LogP contribution in [-0.4, -0.2) is 56.6 Å². The number of nitrogens with two attached hydrogens (primary N) is 1. The van der Waals surface area contributed by atoms with Crippen molar-refractivity contribution in [3.63, 3.8) is 0 Å². The van der Waals surface area contributed by atoms with Gasteiger partial charge in [0, 0.05) is 49.6 Å². The predicted octanol–water partition coefficient (Wildman–Crippen LogP) is 9.18. The van der Waals surface area contributed by atoms with E-state index in [0.717, 1.165) is 0 Å². The Morgan fingerprint density at radius 1 is 0.768 bits per heavy atom. The number of amides is 1. The molecule has 1 aliphatic heterocycles. The monoisotopic (exact) mass is 842 g/mol. The molecule has 0 spiro atoms. The fraction of sp³-hybridized carbons (Fsp3) is 0.220. The van der Waals surface area contributed by atoms with E-state index in [9.17, 15) is 19.8 Å². The number of anilines is 2. The van der Waals surface area contributed by atoms with Gasteiger partial charge in [-0.15, -0.1) is 0 Å².